The number of benzene rings is 1. The molecule has 1 aromatic rings. The Bertz CT molecular complexity index is 309. The average molecular weight is 143 g/mol. The molecule has 2 rings (SSSR count). The highest BCUT2D eigenvalue weighted by Crippen LogP contribution is 2.29. The summed E-state index contributed by atoms with van der Waals surface area (Å²) >= 11 is 0. The van der Waals surface area contributed by atoms with E-state index in [2.05, 4.69) is 23.4 Å². The molecule has 54 valence electrons. The van der Waals surface area contributed by atoms with Gasteiger partial charge in [-0.15, -0.1) is 6.42 Å². The number of fused-ring (bicyclic) bond motifs is 1. The van der Waals surface area contributed by atoms with Crippen LogP contribution in [-0.4, -0.2) is 6.54 Å². The maximum atomic E-state index is 5.36. The molecule has 1 atom stereocenters. The van der Waals surface area contributed by atoms with Gasteiger partial charge in [-0.05, 0) is 11.6 Å². The van der Waals surface area contributed by atoms with Crippen LogP contribution in [0.4, 0.5) is 5.69 Å². The van der Waals surface area contributed by atoms with Crippen molar-refractivity contribution in [3.05, 3.63) is 29.8 Å². The first-order chi connectivity index (χ1) is 5.42. The second-order valence-electron chi connectivity index (χ2n) is 2.69. The smallest absolute Gasteiger partial charge is 0.0642 e. The van der Waals surface area contributed by atoms with E-state index >= 15 is 0 Å². The molecule has 0 fully saturated rings. The third-order valence-electron chi connectivity index (χ3n) is 2.03. The number of terminal acetylenes is 1. The van der Waals surface area contributed by atoms with Crippen molar-refractivity contribution in [1.29, 1.82) is 0 Å². The molecule has 1 heterocycles. The number of anilines is 1. The van der Waals surface area contributed by atoms with E-state index in [1.807, 2.05) is 12.1 Å². The highest BCUT2D eigenvalue weighted by Gasteiger charge is 2.18. The van der Waals surface area contributed by atoms with Crippen LogP contribution in [0.25, 0.3) is 0 Å². The molecule has 1 nitrogen and oxygen atoms in total. The Labute approximate surface area is 66.4 Å². The third-order valence-corrected chi connectivity index (χ3v) is 2.03. The molecule has 0 amide bonds. The van der Waals surface area contributed by atoms with Gasteiger partial charge in [-0.2, -0.15) is 0 Å². The molecule has 1 unspecified atom stereocenters. The molecule has 1 N–H and O–H groups in total. The SMILES string of the molecule is C#CC1CNc2ccccc21. The van der Waals surface area contributed by atoms with E-state index in [9.17, 15) is 0 Å². The summed E-state index contributed by atoms with van der Waals surface area (Å²) in [6.45, 7) is 0.885. The fraction of sp³-hybridized carbons (Fsp3) is 0.200. The Kier molecular flexibility index (Phi) is 1.33. The van der Waals surface area contributed by atoms with Gasteiger partial charge in [0.2, 0.25) is 0 Å². The zero-order valence-electron chi connectivity index (χ0n) is 6.17. The maximum absolute atomic E-state index is 5.36. The molecule has 0 bridgehead atoms. The van der Waals surface area contributed by atoms with Gasteiger partial charge in [-0.1, -0.05) is 24.1 Å². The normalized spacial score (nSPS) is 20.1. The molecule has 1 aliphatic heterocycles. The van der Waals surface area contributed by atoms with E-state index in [0.717, 1.165) is 6.54 Å². The second kappa shape index (κ2) is 2.32. The van der Waals surface area contributed by atoms with Gasteiger partial charge in [-0.25, -0.2) is 0 Å². The van der Waals surface area contributed by atoms with Gasteiger partial charge in [0, 0.05) is 12.2 Å². The molecule has 0 aliphatic carbocycles. The van der Waals surface area contributed by atoms with Gasteiger partial charge >= 0.3 is 0 Å². The fourth-order valence-corrected chi connectivity index (χ4v) is 1.43. The third kappa shape index (κ3) is 0.877. The van der Waals surface area contributed by atoms with Gasteiger partial charge in [0.15, 0.2) is 0 Å². The van der Waals surface area contributed by atoms with Crippen LogP contribution in [0.1, 0.15) is 11.5 Å². The molecular formula is C10H9N. The summed E-state index contributed by atoms with van der Waals surface area (Å²) in [6.07, 6.45) is 5.36. The first-order valence-corrected chi connectivity index (χ1v) is 3.71. The lowest BCUT2D eigenvalue weighted by Crippen LogP contribution is -1.97. The predicted molar refractivity (Wildman–Crippen MR) is 46.5 cm³/mol. The monoisotopic (exact) mass is 143 g/mol. The minimum absolute atomic E-state index is 0.270. The summed E-state index contributed by atoms with van der Waals surface area (Å²) in [5.74, 6) is 3.03. The van der Waals surface area contributed by atoms with Crippen LogP contribution in [0.15, 0.2) is 24.3 Å². The van der Waals surface area contributed by atoms with Crippen LogP contribution in [0, 0.1) is 12.3 Å². The Morgan fingerprint density at radius 3 is 3.09 bits per heavy atom. The molecule has 0 saturated heterocycles. The predicted octanol–water partition coefficient (Wildman–Crippen LogP) is 1.83. The summed E-state index contributed by atoms with van der Waals surface area (Å²) < 4.78 is 0. The van der Waals surface area contributed by atoms with E-state index in [1.165, 1.54) is 11.3 Å². The summed E-state index contributed by atoms with van der Waals surface area (Å²) in [7, 11) is 0. The first kappa shape index (κ1) is 6.30. The largest absolute Gasteiger partial charge is 0.383 e. The van der Waals surface area contributed by atoms with E-state index < -0.39 is 0 Å². The molecule has 0 spiro atoms. The highest BCUT2D eigenvalue weighted by molar-refractivity contribution is 5.59. The molecule has 0 aromatic heterocycles. The van der Waals surface area contributed by atoms with Gasteiger partial charge in [0.25, 0.3) is 0 Å². The van der Waals surface area contributed by atoms with Crippen LogP contribution in [0.2, 0.25) is 0 Å². The topological polar surface area (TPSA) is 12.0 Å². The summed E-state index contributed by atoms with van der Waals surface area (Å²) in [4.78, 5) is 0. The van der Waals surface area contributed by atoms with Crippen molar-refractivity contribution in [2.75, 3.05) is 11.9 Å². The van der Waals surface area contributed by atoms with Crippen molar-refractivity contribution in [3.8, 4) is 12.3 Å². The highest BCUT2D eigenvalue weighted by atomic mass is 14.9. The number of nitrogens with one attached hydrogen (secondary N) is 1. The number of rotatable bonds is 0. The van der Waals surface area contributed by atoms with Gasteiger partial charge < -0.3 is 5.32 Å². The number of hydrogen-bond acceptors (Lipinski definition) is 1. The summed E-state index contributed by atoms with van der Waals surface area (Å²) in [5.41, 5.74) is 2.45. The number of para-hydroxylation sites is 1. The van der Waals surface area contributed by atoms with Crippen LogP contribution >= 0.6 is 0 Å². The van der Waals surface area contributed by atoms with Gasteiger partial charge in [-0.3, -0.25) is 0 Å². The molecular weight excluding hydrogens is 134 g/mol. The van der Waals surface area contributed by atoms with Crippen LogP contribution < -0.4 is 5.32 Å². The van der Waals surface area contributed by atoms with Crippen LogP contribution in [-0.2, 0) is 0 Å². The van der Waals surface area contributed by atoms with E-state index in [0.29, 0.717) is 0 Å². The van der Waals surface area contributed by atoms with Crippen molar-refractivity contribution in [1.82, 2.24) is 0 Å². The Balaban J connectivity index is 2.49. The fourth-order valence-electron chi connectivity index (χ4n) is 1.43. The molecule has 0 radical (unpaired) electrons. The maximum Gasteiger partial charge on any atom is 0.0642 e. The van der Waals surface area contributed by atoms with Crippen molar-refractivity contribution >= 4 is 5.69 Å². The van der Waals surface area contributed by atoms with E-state index in [-0.39, 0.29) is 5.92 Å². The van der Waals surface area contributed by atoms with Gasteiger partial charge in [0.1, 0.15) is 0 Å². The standard InChI is InChI=1S/C10H9N/c1-2-8-7-11-10-6-4-3-5-9(8)10/h1,3-6,8,11H,7H2. The lowest BCUT2D eigenvalue weighted by atomic mass is 10.0. The van der Waals surface area contributed by atoms with Crippen molar-refractivity contribution in [2.45, 2.75) is 5.92 Å². The zero-order chi connectivity index (χ0) is 7.68. The van der Waals surface area contributed by atoms with Crippen molar-refractivity contribution < 1.29 is 0 Å². The minimum atomic E-state index is 0.270. The first-order valence-electron chi connectivity index (χ1n) is 3.71. The lowest BCUT2D eigenvalue weighted by molar-refractivity contribution is 0.984. The lowest BCUT2D eigenvalue weighted by Gasteiger charge is -1.98. The van der Waals surface area contributed by atoms with E-state index in [1.54, 1.807) is 0 Å². The summed E-state index contributed by atoms with van der Waals surface area (Å²) in [6, 6.07) is 8.19. The van der Waals surface area contributed by atoms with Crippen LogP contribution in [0.5, 0.6) is 0 Å². The van der Waals surface area contributed by atoms with Crippen molar-refractivity contribution in [2.24, 2.45) is 0 Å². The quantitative estimate of drug-likeness (QED) is 0.546. The molecule has 1 aliphatic rings. The van der Waals surface area contributed by atoms with Crippen molar-refractivity contribution in [3.63, 3.8) is 0 Å². The molecule has 1 heteroatoms. The van der Waals surface area contributed by atoms with Crippen LogP contribution in [0.3, 0.4) is 0 Å². The average Bonchev–Trinajstić information content (AvgIpc) is 2.47. The summed E-state index contributed by atoms with van der Waals surface area (Å²) in [5, 5.41) is 3.26. The number of hydrogen-bond donors (Lipinski definition) is 1. The zero-order valence-corrected chi connectivity index (χ0v) is 6.17. The van der Waals surface area contributed by atoms with E-state index in [4.69, 9.17) is 6.42 Å². The molecule has 1 aromatic carbocycles. The van der Waals surface area contributed by atoms with Gasteiger partial charge in [0.05, 0.1) is 5.92 Å². The molecule has 0 saturated carbocycles. The minimum Gasteiger partial charge on any atom is -0.383 e. The Hall–Kier alpha value is -1.42. The molecule has 11 heavy (non-hydrogen) atoms. The Morgan fingerprint density at radius 1 is 1.45 bits per heavy atom. The second-order valence-corrected chi connectivity index (χ2v) is 2.69. The Morgan fingerprint density at radius 2 is 2.27 bits per heavy atom.